The van der Waals surface area contributed by atoms with Crippen molar-refractivity contribution in [3.8, 4) is 11.3 Å². The number of rotatable bonds is 5. The van der Waals surface area contributed by atoms with Gasteiger partial charge in [0.25, 0.3) is 0 Å². The van der Waals surface area contributed by atoms with E-state index in [1.165, 1.54) is 0 Å². The summed E-state index contributed by atoms with van der Waals surface area (Å²) in [6.07, 6.45) is 7.60. The maximum Gasteiger partial charge on any atom is 0.156 e. The van der Waals surface area contributed by atoms with Crippen molar-refractivity contribution < 1.29 is 4.74 Å². The van der Waals surface area contributed by atoms with Crippen LogP contribution in [0, 0.1) is 0 Å². The highest BCUT2D eigenvalue weighted by Crippen LogP contribution is 2.27. The van der Waals surface area contributed by atoms with Gasteiger partial charge in [-0.1, -0.05) is 0 Å². The number of fused-ring (bicyclic) bond motifs is 1. The first-order valence-corrected chi connectivity index (χ1v) is 8.57. The van der Waals surface area contributed by atoms with Gasteiger partial charge in [-0.2, -0.15) is 0 Å². The number of nitrogens with zero attached hydrogens (tertiary/aromatic N) is 4. The molecule has 0 unspecified atom stereocenters. The van der Waals surface area contributed by atoms with E-state index in [-0.39, 0.29) is 0 Å². The quantitative estimate of drug-likeness (QED) is 0.744. The van der Waals surface area contributed by atoms with Crippen molar-refractivity contribution in [3.63, 3.8) is 0 Å². The molecular weight excluding hydrogens is 316 g/mol. The zero-order valence-corrected chi connectivity index (χ0v) is 14.3. The third kappa shape index (κ3) is 3.47. The van der Waals surface area contributed by atoms with E-state index in [1.54, 1.807) is 13.3 Å². The van der Waals surface area contributed by atoms with Gasteiger partial charge < -0.3 is 15.0 Å². The van der Waals surface area contributed by atoms with Crippen LogP contribution in [0.3, 0.4) is 0 Å². The first kappa shape index (κ1) is 16.0. The van der Waals surface area contributed by atoms with Gasteiger partial charge in [-0.15, -0.1) is 0 Å². The first-order valence-electron chi connectivity index (χ1n) is 8.57. The van der Waals surface area contributed by atoms with Crippen LogP contribution in [0.2, 0.25) is 0 Å². The molecule has 0 aromatic carbocycles. The van der Waals surface area contributed by atoms with Gasteiger partial charge in [-0.3, -0.25) is 4.90 Å². The molecule has 1 saturated heterocycles. The van der Waals surface area contributed by atoms with Crippen molar-refractivity contribution in [2.45, 2.75) is 18.9 Å². The third-order valence-electron chi connectivity index (χ3n) is 4.58. The molecule has 0 amide bonds. The van der Waals surface area contributed by atoms with Crippen LogP contribution in [0.5, 0.6) is 0 Å². The van der Waals surface area contributed by atoms with Gasteiger partial charge in [0.1, 0.15) is 11.3 Å². The van der Waals surface area contributed by atoms with Gasteiger partial charge in [-0.25, -0.2) is 15.0 Å². The zero-order chi connectivity index (χ0) is 17.1. The molecule has 3 aromatic heterocycles. The number of hydrogen-bond acceptors (Lipinski definition) is 6. The van der Waals surface area contributed by atoms with E-state index in [4.69, 9.17) is 9.72 Å². The summed E-state index contributed by atoms with van der Waals surface area (Å²) in [5, 5.41) is 3.60. The average molecular weight is 338 g/mol. The number of nitrogens with one attached hydrogen (secondary N) is 2. The van der Waals surface area contributed by atoms with Crippen LogP contribution in [0.25, 0.3) is 22.4 Å². The number of hydrogen-bond donors (Lipinski definition) is 2. The molecule has 4 rings (SSSR count). The van der Waals surface area contributed by atoms with E-state index in [0.717, 1.165) is 54.2 Å². The van der Waals surface area contributed by atoms with Gasteiger partial charge in [0, 0.05) is 44.2 Å². The predicted molar refractivity (Wildman–Crippen MR) is 97.2 cm³/mol. The van der Waals surface area contributed by atoms with Crippen LogP contribution in [0.15, 0.2) is 36.8 Å². The number of likely N-dealkylation sites (tertiary alicyclic amines) is 1. The lowest BCUT2D eigenvalue weighted by atomic mass is 10.0. The lowest BCUT2D eigenvalue weighted by molar-refractivity contribution is 0.0485. The summed E-state index contributed by atoms with van der Waals surface area (Å²) < 4.78 is 5.22. The molecule has 1 fully saturated rings. The highest BCUT2D eigenvalue weighted by molar-refractivity contribution is 5.78. The molecule has 25 heavy (non-hydrogen) atoms. The van der Waals surface area contributed by atoms with Crippen molar-refractivity contribution >= 4 is 17.0 Å². The second-order valence-electron chi connectivity index (χ2n) is 6.32. The molecule has 7 heteroatoms. The van der Waals surface area contributed by atoms with Crippen molar-refractivity contribution in [2.24, 2.45) is 0 Å². The number of piperidine rings is 1. The Bertz CT molecular complexity index is 840. The number of H-pyrrole nitrogens is 1. The van der Waals surface area contributed by atoms with Crippen LogP contribution >= 0.6 is 0 Å². The molecule has 0 bridgehead atoms. The molecule has 0 atom stereocenters. The van der Waals surface area contributed by atoms with Crippen LogP contribution < -0.4 is 5.32 Å². The maximum absolute atomic E-state index is 5.22. The number of ether oxygens (including phenoxy) is 1. The van der Waals surface area contributed by atoms with E-state index in [1.807, 2.05) is 30.6 Å². The molecule has 0 radical (unpaired) electrons. The summed E-state index contributed by atoms with van der Waals surface area (Å²) in [5.41, 5.74) is 3.48. The van der Waals surface area contributed by atoms with E-state index >= 15 is 0 Å². The van der Waals surface area contributed by atoms with Gasteiger partial charge in [0.05, 0.1) is 18.6 Å². The minimum Gasteiger partial charge on any atom is -0.369 e. The summed E-state index contributed by atoms with van der Waals surface area (Å²) in [5.74, 6) is 0.872. The van der Waals surface area contributed by atoms with Crippen molar-refractivity contribution in [2.75, 3.05) is 32.2 Å². The van der Waals surface area contributed by atoms with Crippen molar-refractivity contribution in [1.82, 2.24) is 24.8 Å². The Morgan fingerprint density at radius 3 is 3.00 bits per heavy atom. The molecule has 7 nitrogen and oxygen atoms in total. The average Bonchev–Trinajstić information content (AvgIpc) is 3.12. The standard InChI is InChI=1S/C18H22N6O/c1-25-12-24-9-5-13(6-10-24)22-17-14(3-2-7-19-17)16-11-21-18-15(23-16)4-8-20-18/h2-4,7-8,11,13H,5-6,9-10,12H2,1H3,(H,19,22)(H,20,21). The van der Waals surface area contributed by atoms with Crippen molar-refractivity contribution in [1.29, 1.82) is 0 Å². The van der Waals surface area contributed by atoms with Crippen LogP contribution in [-0.4, -0.2) is 57.8 Å². The molecule has 1 aliphatic rings. The Morgan fingerprint density at radius 1 is 1.28 bits per heavy atom. The number of anilines is 1. The van der Waals surface area contributed by atoms with E-state index in [0.29, 0.717) is 12.8 Å². The molecule has 0 spiro atoms. The SMILES string of the molecule is COCN1CCC(Nc2ncccc2-c2cnc3[nH]ccc3n2)CC1. The molecule has 2 N–H and O–H groups in total. The molecule has 1 aliphatic heterocycles. The lowest BCUT2D eigenvalue weighted by Gasteiger charge is -2.32. The van der Waals surface area contributed by atoms with Crippen LogP contribution in [-0.2, 0) is 4.74 Å². The summed E-state index contributed by atoms with van der Waals surface area (Å²) in [6.45, 7) is 2.76. The van der Waals surface area contributed by atoms with Gasteiger partial charge >= 0.3 is 0 Å². The van der Waals surface area contributed by atoms with E-state index < -0.39 is 0 Å². The number of aromatic nitrogens is 4. The van der Waals surface area contributed by atoms with E-state index in [2.05, 4.69) is 25.2 Å². The lowest BCUT2D eigenvalue weighted by Crippen LogP contribution is -2.40. The van der Waals surface area contributed by atoms with Gasteiger partial charge in [-0.05, 0) is 31.0 Å². The van der Waals surface area contributed by atoms with Gasteiger partial charge in [0.2, 0.25) is 0 Å². The highest BCUT2D eigenvalue weighted by Gasteiger charge is 2.20. The second-order valence-corrected chi connectivity index (χ2v) is 6.32. The Hall–Kier alpha value is -2.51. The first-order chi connectivity index (χ1) is 12.3. The Morgan fingerprint density at radius 2 is 2.16 bits per heavy atom. The Kier molecular flexibility index (Phi) is 4.58. The molecular formula is C18H22N6O. The van der Waals surface area contributed by atoms with E-state index in [9.17, 15) is 0 Å². The molecule has 0 aliphatic carbocycles. The minimum atomic E-state index is 0.408. The molecule has 0 saturated carbocycles. The molecule has 4 heterocycles. The molecule has 130 valence electrons. The fraction of sp³-hybridized carbons (Fsp3) is 0.389. The second kappa shape index (κ2) is 7.16. The summed E-state index contributed by atoms with van der Waals surface area (Å²) in [4.78, 5) is 19.1. The van der Waals surface area contributed by atoms with Crippen LogP contribution in [0.4, 0.5) is 5.82 Å². The van der Waals surface area contributed by atoms with Crippen LogP contribution in [0.1, 0.15) is 12.8 Å². The fourth-order valence-electron chi connectivity index (χ4n) is 3.27. The summed E-state index contributed by atoms with van der Waals surface area (Å²) >= 11 is 0. The minimum absolute atomic E-state index is 0.408. The predicted octanol–water partition coefficient (Wildman–Crippen LogP) is 2.50. The normalized spacial score (nSPS) is 16.4. The maximum atomic E-state index is 5.22. The highest BCUT2D eigenvalue weighted by atomic mass is 16.5. The summed E-state index contributed by atoms with van der Waals surface area (Å²) in [6, 6.07) is 6.31. The Labute approximate surface area is 146 Å². The fourth-order valence-corrected chi connectivity index (χ4v) is 3.27. The smallest absolute Gasteiger partial charge is 0.156 e. The zero-order valence-electron chi connectivity index (χ0n) is 14.3. The number of aromatic amines is 1. The van der Waals surface area contributed by atoms with Gasteiger partial charge in [0.15, 0.2) is 5.65 Å². The molecule has 3 aromatic rings. The number of pyridine rings is 1. The Balaban J connectivity index is 1.53. The van der Waals surface area contributed by atoms with Crippen molar-refractivity contribution in [3.05, 3.63) is 36.8 Å². The third-order valence-corrected chi connectivity index (χ3v) is 4.58. The topological polar surface area (TPSA) is 79.0 Å². The largest absolute Gasteiger partial charge is 0.369 e. The summed E-state index contributed by atoms with van der Waals surface area (Å²) in [7, 11) is 1.74. The monoisotopic (exact) mass is 338 g/mol. The number of methoxy groups -OCH3 is 1.